The number of anilines is 3. The number of carbonyl (C=O) groups is 2. The Morgan fingerprint density at radius 1 is 1.09 bits per heavy atom. The number of dihydropyridines is 1. The second-order valence-electron chi connectivity index (χ2n) is 11.1. The molecule has 5 heterocycles. The zero-order chi connectivity index (χ0) is 30.3. The minimum absolute atomic E-state index is 0.0845. The fraction of sp³-hybridized carbons (Fsp3) is 0.483. The summed E-state index contributed by atoms with van der Waals surface area (Å²) in [4.78, 5) is 43.4. The molecule has 0 spiro atoms. The molecule has 4 aliphatic rings. The highest BCUT2D eigenvalue weighted by molar-refractivity contribution is 6.11. The number of amides is 2. The van der Waals surface area contributed by atoms with Crippen molar-refractivity contribution in [3.8, 4) is 11.1 Å². The summed E-state index contributed by atoms with van der Waals surface area (Å²) in [7, 11) is 0. The molecule has 1 unspecified atom stereocenters. The summed E-state index contributed by atoms with van der Waals surface area (Å²) in [6.45, 7) is 7.47. The van der Waals surface area contributed by atoms with Gasteiger partial charge >= 0.3 is 6.18 Å². The van der Waals surface area contributed by atoms with E-state index in [-0.39, 0.29) is 17.3 Å². The Hall–Kier alpha value is -3.91. The maximum atomic E-state index is 15.8. The first-order valence-corrected chi connectivity index (χ1v) is 14.3. The first-order chi connectivity index (χ1) is 20.6. The number of halogens is 4. The third-order valence-electron chi connectivity index (χ3n) is 8.57. The quantitative estimate of drug-likeness (QED) is 0.504. The van der Waals surface area contributed by atoms with Crippen molar-refractivity contribution in [1.29, 1.82) is 0 Å². The third kappa shape index (κ3) is 5.85. The Morgan fingerprint density at radius 3 is 2.53 bits per heavy atom. The van der Waals surface area contributed by atoms with Gasteiger partial charge in [0.2, 0.25) is 11.9 Å². The SMILES string of the molecule is CCN1CC[C@H]2CN(c3cc(F)c(-c4cnc(N5CCOCC5)nc4)cc3NC(=O)C3C=NC(=O)C=C3C(F)(F)F)C[C@H]21. The molecule has 1 aromatic carbocycles. The summed E-state index contributed by atoms with van der Waals surface area (Å²) < 4.78 is 62.4. The number of rotatable bonds is 6. The molecule has 228 valence electrons. The number of hydrogen-bond acceptors (Lipinski definition) is 8. The van der Waals surface area contributed by atoms with E-state index in [4.69, 9.17) is 4.74 Å². The molecule has 43 heavy (non-hydrogen) atoms. The van der Waals surface area contributed by atoms with E-state index in [9.17, 15) is 22.8 Å². The lowest BCUT2D eigenvalue weighted by molar-refractivity contribution is -0.124. The molecule has 14 heteroatoms. The number of likely N-dealkylation sites (N-methyl/N-ethyl adjacent to an activating group) is 1. The molecule has 3 fully saturated rings. The number of hydrogen-bond donors (Lipinski definition) is 1. The summed E-state index contributed by atoms with van der Waals surface area (Å²) in [5.41, 5.74) is -0.370. The fourth-order valence-corrected chi connectivity index (χ4v) is 6.34. The topological polar surface area (TPSA) is 103 Å². The fourth-order valence-electron chi connectivity index (χ4n) is 6.34. The molecule has 3 atom stereocenters. The molecule has 1 aromatic heterocycles. The van der Waals surface area contributed by atoms with Gasteiger partial charge in [0.1, 0.15) is 11.7 Å². The molecule has 10 nitrogen and oxygen atoms in total. The molecular weight excluding hydrogens is 570 g/mol. The van der Waals surface area contributed by atoms with Gasteiger partial charge in [0.25, 0.3) is 5.91 Å². The van der Waals surface area contributed by atoms with Crippen molar-refractivity contribution in [1.82, 2.24) is 14.9 Å². The van der Waals surface area contributed by atoms with Gasteiger partial charge in [-0.1, -0.05) is 6.92 Å². The lowest BCUT2D eigenvalue weighted by Gasteiger charge is -2.28. The highest BCUT2D eigenvalue weighted by atomic mass is 19.4. The Bertz CT molecular complexity index is 1460. The zero-order valence-corrected chi connectivity index (χ0v) is 23.5. The van der Waals surface area contributed by atoms with Gasteiger partial charge < -0.3 is 19.9 Å². The minimum atomic E-state index is -4.92. The van der Waals surface area contributed by atoms with Crippen molar-refractivity contribution in [2.75, 3.05) is 67.6 Å². The average molecular weight is 602 g/mol. The van der Waals surface area contributed by atoms with E-state index in [1.807, 2.05) is 9.80 Å². The number of likely N-dealkylation sites (tertiary alicyclic amines) is 1. The van der Waals surface area contributed by atoms with Crippen LogP contribution < -0.4 is 15.1 Å². The summed E-state index contributed by atoms with van der Waals surface area (Å²) in [6, 6.07) is 2.97. The number of alkyl halides is 3. The van der Waals surface area contributed by atoms with Gasteiger partial charge in [-0.15, -0.1) is 0 Å². The van der Waals surface area contributed by atoms with Crippen molar-refractivity contribution in [3.05, 3.63) is 42.0 Å². The smallest absolute Gasteiger partial charge is 0.378 e. The van der Waals surface area contributed by atoms with Crippen LogP contribution in [0.5, 0.6) is 0 Å². The Labute approximate surface area is 245 Å². The van der Waals surface area contributed by atoms with E-state index < -0.39 is 35.3 Å². The van der Waals surface area contributed by atoms with Crippen LogP contribution in [0.25, 0.3) is 11.1 Å². The van der Waals surface area contributed by atoms with Gasteiger partial charge in [0.15, 0.2) is 0 Å². The Morgan fingerprint density at radius 2 is 1.84 bits per heavy atom. The van der Waals surface area contributed by atoms with Crippen molar-refractivity contribution in [2.45, 2.75) is 25.6 Å². The van der Waals surface area contributed by atoms with Gasteiger partial charge in [-0.25, -0.2) is 19.4 Å². The van der Waals surface area contributed by atoms with Gasteiger partial charge in [0, 0.05) is 68.0 Å². The Balaban J connectivity index is 1.34. The standard InChI is InChI=1S/C29H31F4N7O3/c1-2-38-4-3-17-15-40(16-25(17)38)24-11-22(30)19(18-12-35-28(36-13-18)39-5-7-43-8-6-39)9-23(24)37-27(42)20-14-34-26(41)10-21(20)29(31,32)33/h9-14,17,20,25H,2-8,15-16H2,1H3,(H,37,42)/t17-,20?,25+/m0/s1. The number of aliphatic imine (C=N–C) groups is 1. The second kappa shape index (κ2) is 11.6. The molecule has 3 saturated heterocycles. The minimum Gasteiger partial charge on any atom is -0.378 e. The number of ether oxygens (including phenoxy) is 1. The van der Waals surface area contributed by atoms with Crippen LogP contribution >= 0.6 is 0 Å². The predicted octanol–water partition coefficient (Wildman–Crippen LogP) is 3.30. The first kappa shape index (κ1) is 29.2. The van der Waals surface area contributed by atoms with Gasteiger partial charge in [-0.05, 0) is 37.6 Å². The molecule has 2 aromatic rings. The molecule has 4 aliphatic heterocycles. The Kier molecular flexibility index (Phi) is 7.90. The molecule has 0 bridgehead atoms. The number of morpholine rings is 1. The molecule has 2 amide bonds. The van der Waals surface area contributed by atoms with E-state index in [0.717, 1.165) is 19.5 Å². The molecule has 0 aliphatic carbocycles. The van der Waals surface area contributed by atoms with Crippen LogP contribution in [0.15, 0.2) is 41.2 Å². The van der Waals surface area contributed by atoms with Gasteiger partial charge in [0.05, 0.1) is 30.2 Å². The van der Waals surface area contributed by atoms with Crippen LogP contribution in [0.4, 0.5) is 34.9 Å². The highest BCUT2D eigenvalue weighted by Crippen LogP contribution is 2.41. The summed E-state index contributed by atoms with van der Waals surface area (Å²) in [5, 5.41) is 2.60. The van der Waals surface area contributed by atoms with E-state index in [1.165, 1.54) is 24.5 Å². The van der Waals surface area contributed by atoms with Crippen molar-refractivity contribution >= 4 is 35.4 Å². The summed E-state index contributed by atoms with van der Waals surface area (Å²) in [5.74, 6) is -3.73. The largest absolute Gasteiger partial charge is 0.414 e. The van der Waals surface area contributed by atoms with E-state index in [2.05, 4.69) is 32.1 Å². The lowest BCUT2D eigenvalue weighted by atomic mass is 9.95. The second-order valence-corrected chi connectivity index (χ2v) is 11.1. The molecular formula is C29H31F4N7O3. The van der Waals surface area contributed by atoms with Crippen molar-refractivity contribution in [3.63, 3.8) is 0 Å². The van der Waals surface area contributed by atoms with Gasteiger partial charge in [-0.3, -0.25) is 14.5 Å². The summed E-state index contributed by atoms with van der Waals surface area (Å²) in [6.07, 6.45) is 0.0418. The average Bonchev–Trinajstić information content (AvgIpc) is 3.59. The van der Waals surface area contributed by atoms with Crippen LogP contribution in [0, 0.1) is 17.7 Å². The monoisotopic (exact) mass is 601 g/mol. The van der Waals surface area contributed by atoms with Crippen molar-refractivity contribution in [2.24, 2.45) is 16.8 Å². The maximum absolute atomic E-state index is 15.8. The summed E-state index contributed by atoms with van der Waals surface area (Å²) >= 11 is 0. The maximum Gasteiger partial charge on any atom is 0.414 e. The molecule has 0 saturated carbocycles. The number of carbonyl (C=O) groups excluding carboxylic acids is 2. The van der Waals surface area contributed by atoms with Crippen LogP contribution in [0.2, 0.25) is 0 Å². The van der Waals surface area contributed by atoms with Crippen LogP contribution in [0.3, 0.4) is 0 Å². The first-order valence-electron chi connectivity index (χ1n) is 14.3. The number of nitrogens with one attached hydrogen (secondary N) is 1. The normalized spacial score (nSPS) is 24.3. The number of aromatic nitrogens is 2. The van der Waals surface area contributed by atoms with E-state index in [0.29, 0.717) is 74.8 Å². The van der Waals surface area contributed by atoms with E-state index in [1.54, 1.807) is 0 Å². The predicted molar refractivity (Wildman–Crippen MR) is 152 cm³/mol. The van der Waals surface area contributed by atoms with Crippen LogP contribution in [-0.2, 0) is 14.3 Å². The van der Waals surface area contributed by atoms with Crippen LogP contribution in [0.1, 0.15) is 13.3 Å². The molecule has 1 N–H and O–H groups in total. The number of benzene rings is 1. The van der Waals surface area contributed by atoms with E-state index >= 15 is 4.39 Å². The third-order valence-corrected chi connectivity index (χ3v) is 8.57. The molecule has 0 radical (unpaired) electrons. The number of nitrogens with zero attached hydrogens (tertiary/aromatic N) is 6. The lowest BCUT2D eigenvalue weighted by Crippen LogP contribution is -2.37. The zero-order valence-electron chi connectivity index (χ0n) is 23.5. The highest BCUT2D eigenvalue weighted by Gasteiger charge is 2.44. The van der Waals surface area contributed by atoms with Gasteiger partial charge in [-0.2, -0.15) is 13.2 Å². The van der Waals surface area contributed by atoms with Crippen molar-refractivity contribution < 1.29 is 31.9 Å². The van der Waals surface area contributed by atoms with Crippen LogP contribution in [-0.4, -0.2) is 97.6 Å². The molecule has 6 rings (SSSR count). The number of fused-ring (bicyclic) bond motifs is 1.